The molecule has 0 fully saturated rings. The molecule has 2 rings (SSSR count). The van der Waals surface area contributed by atoms with Crippen LogP contribution in [0, 0.1) is 12.7 Å². The summed E-state index contributed by atoms with van der Waals surface area (Å²) in [5.74, 6) is 0.0952. The summed E-state index contributed by atoms with van der Waals surface area (Å²) in [5, 5.41) is 0. The molecule has 0 aliphatic carbocycles. The lowest BCUT2D eigenvalue weighted by atomic mass is 10.0. The van der Waals surface area contributed by atoms with Crippen molar-refractivity contribution in [1.29, 1.82) is 0 Å². The Morgan fingerprint density at radius 2 is 1.91 bits per heavy atom. The first-order valence-electron chi connectivity index (χ1n) is 7.30. The molecule has 23 heavy (non-hydrogen) atoms. The fourth-order valence-corrected chi connectivity index (χ4v) is 2.21. The van der Waals surface area contributed by atoms with Crippen molar-refractivity contribution in [3.8, 4) is 11.5 Å². The van der Waals surface area contributed by atoms with E-state index in [1.807, 2.05) is 19.1 Å². The summed E-state index contributed by atoms with van der Waals surface area (Å²) in [5.41, 5.74) is 1.82. The minimum Gasteiger partial charge on any atom is -0.496 e. The predicted molar refractivity (Wildman–Crippen MR) is 88.2 cm³/mol. The van der Waals surface area contributed by atoms with Crippen molar-refractivity contribution in [3.05, 3.63) is 65.5 Å². The normalized spacial score (nSPS) is 10.2. The van der Waals surface area contributed by atoms with E-state index in [9.17, 15) is 9.18 Å². The summed E-state index contributed by atoms with van der Waals surface area (Å²) >= 11 is 0. The Morgan fingerprint density at radius 3 is 2.52 bits per heavy atom. The SMILES string of the molecule is C=Cc1c(OC)ccc(CCC(=O)Oc2ccc(C)cc2)c1F. The van der Waals surface area contributed by atoms with Gasteiger partial charge in [0, 0.05) is 0 Å². The van der Waals surface area contributed by atoms with Gasteiger partial charge in [0.1, 0.15) is 17.3 Å². The Balaban J connectivity index is 2.01. The predicted octanol–water partition coefficient (Wildman–Crippen LogP) is 4.32. The molecule has 0 radical (unpaired) electrons. The molecule has 4 heteroatoms. The molecular formula is C19H19FO3. The van der Waals surface area contributed by atoms with E-state index >= 15 is 0 Å². The van der Waals surface area contributed by atoms with E-state index in [4.69, 9.17) is 9.47 Å². The Hall–Kier alpha value is -2.62. The zero-order valence-corrected chi connectivity index (χ0v) is 13.3. The number of hydrogen-bond donors (Lipinski definition) is 0. The number of methoxy groups -OCH3 is 1. The van der Waals surface area contributed by atoms with E-state index in [0.717, 1.165) is 5.56 Å². The molecule has 0 bridgehead atoms. The second-order valence-corrected chi connectivity index (χ2v) is 5.15. The monoisotopic (exact) mass is 314 g/mol. The van der Waals surface area contributed by atoms with Crippen molar-refractivity contribution in [2.75, 3.05) is 7.11 Å². The molecule has 2 aromatic carbocycles. The van der Waals surface area contributed by atoms with Gasteiger partial charge in [0.05, 0.1) is 19.1 Å². The van der Waals surface area contributed by atoms with Gasteiger partial charge in [-0.05, 0) is 37.1 Å². The molecule has 0 atom stereocenters. The van der Waals surface area contributed by atoms with Gasteiger partial charge >= 0.3 is 5.97 Å². The van der Waals surface area contributed by atoms with Crippen molar-refractivity contribution in [1.82, 2.24) is 0 Å². The van der Waals surface area contributed by atoms with Crippen LogP contribution in [0.2, 0.25) is 0 Å². The standard InChI is InChI=1S/C19H19FO3/c1-4-16-17(22-3)11-7-14(19(16)20)8-12-18(21)23-15-9-5-13(2)6-10-15/h4-7,9-11H,1,8,12H2,2-3H3. The van der Waals surface area contributed by atoms with E-state index in [1.54, 1.807) is 24.3 Å². The third kappa shape index (κ3) is 4.19. The number of ether oxygens (including phenoxy) is 2. The third-order valence-electron chi connectivity index (χ3n) is 3.49. The zero-order chi connectivity index (χ0) is 16.8. The minimum atomic E-state index is -0.414. The molecule has 2 aromatic rings. The number of aryl methyl sites for hydroxylation is 2. The first-order valence-corrected chi connectivity index (χ1v) is 7.30. The van der Waals surface area contributed by atoms with Crippen molar-refractivity contribution in [3.63, 3.8) is 0 Å². The topological polar surface area (TPSA) is 35.5 Å². The average molecular weight is 314 g/mol. The van der Waals surface area contributed by atoms with Crippen LogP contribution in [0.15, 0.2) is 43.0 Å². The maximum absolute atomic E-state index is 14.3. The summed E-state index contributed by atoms with van der Waals surface area (Å²) in [4.78, 5) is 11.9. The van der Waals surface area contributed by atoms with Crippen LogP contribution in [0.5, 0.6) is 11.5 Å². The molecule has 0 saturated carbocycles. The molecule has 0 saturated heterocycles. The Bertz CT molecular complexity index is 705. The Morgan fingerprint density at radius 1 is 1.22 bits per heavy atom. The van der Waals surface area contributed by atoms with E-state index < -0.39 is 11.8 Å². The number of esters is 1. The van der Waals surface area contributed by atoms with Crippen molar-refractivity contribution >= 4 is 12.0 Å². The highest BCUT2D eigenvalue weighted by Gasteiger charge is 2.13. The molecule has 0 aromatic heterocycles. The van der Waals surface area contributed by atoms with Crippen LogP contribution in [0.3, 0.4) is 0 Å². The molecule has 120 valence electrons. The molecule has 0 unspecified atom stereocenters. The summed E-state index contributed by atoms with van der Waals surface area (Å²) in [6, 6.07) is 10.5. The van der Waals surface area contributed by atoms with E-state index in [-0.39, 0.29) is 12.8 Å². The van der Waals surface area contributed by atoms with Crippen LogP contribution in [0.4, 0.5) is 4.39 Å². The third-order valence-corrected chi connectivity index (χ3v) is 3.49. The van der Waals surface area contributed by atoms with Gasteiger partial charge in [-0.2, -0.15) is 0 Å². The molecule has 0 aliphatic heterocycles. The van der Waals surface area contributed by atoms with Gasteiger partial charge < -0.3 is 9.47 Å². The van der Waals surface area contributed by atoms with Crippen molar-refractivity contribution in [2.45, 2.75) is 19.8 Å². The highest BCUT2D eigenvalue weighted by molar-refractivity contribution is 5.72. The molecule has 0 N–H and O–H groups in total. The van der Waals surface area contributed by atoms with Gasteiger partial charge in [-0.15, -0.1) is 0 Å². The summed E-state index contributed by atoms with van der Waals surface area (Å²) in [6.07, 6.45) is 1.75. The number of rotatable bonds is 6. The summed E-state index contributed by atoms with van der Waals surface area (Å²) in [6.45, 7) is 5.54. The van der Waals surface area contributed by atoms with Crippen molar-refractivity contribution in [2.24, 2.45) is 0 Å². The summed E-state index contributed by atoms with van der Waals surface area (Å²) < 4.78 is 24.6. The fourth-order valence-electron chi connectivity index (χ4n) is 2.21. The van der Waals surface area contributed by atoms with Crippen LogP contribution < -0.4 is 9.47 Å². The van der Waals surface area contributed by atoms with Gasteiger partial charge in [0.2, 0.25) is 0 Å². The van der Waals surface area contributed by atoms with Crippen LogP contribution in [0.25, 0.3) is 6.08 Å². The van der Waals surface area contributed by atoms with E-state index in [2.05, 4.69) is 6.58 Å². The lowest BCUT2D eigenvalue weighted by Crippen LogP contribution is -2.10. The van der Waals surface area contributed by atoms with Crippen LogP contribution in [-0.4, -0.2) is 13.1 Å². The van der Waals surface area contributed by atoms with Gasteiger partial charge in [0.15, 0.2) is 0 Å². The van der Waals surface area contributed by atoms with Crippen molar-refractivity contribution < 1.29 is 18.7 Å². The number of halogens is 1. The van der Waals surface area contributed by atoms with Crippen LogP contribution in [-0.2, 0) is 11.2 Å². The summed E-state index contributed by atoms with van der Waals surface area (Å²) in [7, 11) is 1.47. The first kappa shape index (κ1) is 16.7. The van der Waals surface area contributed by atoms with Gasteiger partial charge in [-0.25, -0.2) is 4.39 Å². The zero-order valence-electron chi connectivity index (χ0n) is 13.3. The molecular weight excluding hydrogens is 295 g/mol. The number of hydrogen-bond acceptors (Lipinski definition) is 3. The largest absolute Gasteiger partial charge is 0.496 e. The smallest absolute Gasteiger partial charge is 0.311 e. The van der Waals surface area contributed by atoms with Gasteiger partial charge in [-0.1, -0.05) is 36.4 Å². The highest BCUT2D eigenvalue weighted by Crippen LogP contribution is 2.26. The minimum absolute atomic E-state index is 0.0910. The molecule has 3 nitrogen and oxygen atoms in total. The second kappa shape index (κ2) is 7.58. The second-order valence-electron chi connectivity index (χ2n) is 5.15. The maximum Gasteiger partial charge on any atom is 0.311 e. The highest BCUT2D eigenvalue weighted by atomic mass is 19.1. The van der Waals surface area contributed by atoms with E-state index in [1.165, 1.54) is 13.2 Å². The number of carbonyl (C=O) groups excluding carboxylic acids is 1. The lowest BCUT2D eigenvalue weighted by molar-refractivity contribution is -0.134. The fraction of sp³-hybridized carbons (Fsp3) is 0.211. The molecule has 0 heterocycles. The van der Waals surface area contributed by atoms with E-state index in [0.29, 0.717) is 22.6 Å². The molecule has 0 aliphatic rings. The number of carbonyl (C=O) groups is 1. The maximum atomic E-state index is 14.3. The molecule has 0 spiro atoms. The Labute approximate surface area is 135 Å². The number of benzene rings is 2. The lowest BCUT2D eigenvalue weighted by Gasteiger charge is -2.10. The molecule has 0 amide bonds. The first-order chi connectivity index (χ1) is 11.0. The Kier molecular flexibility index (Phi) is 5.52. The average Bonchev–Trinajstić information content (AvgIpc) is 2.55. The quantitative estimate of drug-likeness (QED) is 0.588. The van der Waals surface area contributed by atoms with Gasteiger partial charge in [-0.3, -0.25) is 4.79 Å². The van der Waals surface area contributed by atoms with Crippen LogP contribution >= 0.6 is 0 Å². The van der Waals surface area contributed by atoms with Crippen LogP contribution in [0.1, 0.15) is 23.1 Å². The van der Waals surface area contributed by atoms with Gasteiger partial charge in [0.25, 0.3) is 0 Å².